The topological polar surface area (TPSA) is 63.1 Å². The summed E-state index contributed by atoms with van der Waals surface area (Å²) in [4.78, 5) is 19.5. The highest BCUT2D eigenvalue weighted by atomic mass is 32.1. The van der Waals surface area contributed by atoms with Crippen LogP contribution in [0.15, 0.2) is 16.3 Å². The van der Waals surface area contributed by atoms with Gasteiger partial charge in [0.05, 0.1) is 11.2 Å². The zero-order valence-electron chi connectivity index (χ0n) is 8.80. The third kappa shape index (κ3) is 1.85. The molecule has 16 heavy (non-hydrogen) atoms. The third-order valence-electron chi connectivity index (χ3n) is 2.33. The molecule has 1 N–H and O–H groups in total. The molecule has 0 saturated heterocycles. The van der Waals surface area contributed by atoms with Crippen LogP contribution in [0.5, 0.6) is 0 Å². The first kappa shape index (κ1) is 11.2. The van der Waals surface area contributed by atoms with Gasteiger partial charge in [-0.15, -0.1) is 22.7 Å². The molecule has 0 spiro atoms. The standard InChI is InChI=1S/C10H10N2O2S2/c1-10(2,9(13)14)7-4-16-8(12-7)6-3-15-5-11-6/h3-5H,1-2H3,(H,13,14). The van der Waals surface area contributed by atoms with Crippen molar-refractivity contribution in [2.45, 2.75) is 19.3 Å². The van der Waals surface area contributed by atoms with E-state index in [9.17, 15) is 4.79 Å². The average Bonchev–Trinajstić information content (AvgIpc) is 2.88. The van der Waals surface area contributed by atoms with Crippen molar-refractivity contribution in [3.05, 3.63) is 22.0 Å². The Balaban J connectivity index is 2.37. The molecule has 0 fully saturated rings. The number of carboxylic acid groups (broad SMARTS) is 1. The van der Waals surface area contributed by atoms with Crippen molar-refractivity contribution in [2.75, 3.05) is 0 Å². The maximum atomic E-state index is 11.1. The highest BCUT2D eigenvalue weighted by Crippen LogP contribution is 2.29. The van der Waals surface area contributed by atoms with Crippen molar-refractivity contribution in [3.63, 3.8) is 0 Å². The second kappa shape index (κ2) is 3.95. The zero-order valence-corrected chi connectivity index (χ0v) is 10.4. The van der Waals surface area contributed by atoms with Gasteiger partial charge in [0.25, 0.3) is 0 Å². The fraction of sp³-hybridized carbons (Fsp3) is 0.300. The molecular weight excluding hydrogens is 244 g/mol. The smallest absolute Gasteiger partial charge is 0.315 e. The van der Waals surface area contributed by atoms with Crippen LogP contribution >= 0.6 is 22.7 Å². The molecule has 0 radical (unpaired) electrons. The molecule has 0 atom stereocenters. The quantitative estimate of drug-likeness (QED) is 0.914. The number of hydrogen-bond donors (Lipinski definition) is 1. The minimum atomic E-state index is -0.954. The van der Waals surface area contributed by atoms with E-state index < -0.39 is 11.4 Å². The molecule has 2 rings (SSSR count). The SMILES string of the molecule is CC(C)(C(=O)O)c1csc(-c2cscn2)n1. The Morgan fingerprint density at radius 1 is 1.44 bits per heavy atom. The third-order valence-corrected chi connectivity index (χ3v) is 3.78. The van der Waals surface area contributed by atoms with E-state index in [0.717, 1.165) is 10.7 Å². The number of nitrogens with zero attached hydrogens (tertiary/aromatic N) is 2. The number of aliphatic carboxylic acids is 1. The van der Waals surface area contributed by atoms with Crippen molar-refractivity contribution < 1.29 is 9.90 Å². The van der Waals surface area contributed by atoms with Crippen LogP contribution in [0.3, 0.4) is 0 Å². The number of thiazole rings is 2. The van der Waals surface area contributed by atoms with E-state index in [1.807, 2.05) is 5.38 Å². The Morgan fingerprint density at radius 3 is 2.75 bits per heavy atom. The number of rotatable bonds is 3. The molecule has 0 aromatic carbocycles. The fourth-order valence-electron chi connectivity index (χ4n) is 1.11. The Hall–Kier alpha value is -1.27. The average molecular weight is 254 g/mol. The molecule has 0 amide bonds. The molecule has 0 unspecified atom stereocenters. The highest BCUT2D eigenvalue weighted by Gasteiger charge is 2.32. The van der Waals surface area contributed by atoms with Crippen LogP contribution in [0.2, 0.25) is 0 Å². The van der Waals surface area contributed by atoms with Gasteiger partial charge >= 0.3 is 5.97 Å². The summed E-state index contributed by atoms with van der Waals surface area (Å²) in [7, 11) is 0. The van der Waals surface area contributed by atoms with Gasteiger partial charge in [-0.1, -0.05) is 0 Å². The molecule has 4 nitrogen and oxygen atoms in total. The molecule has 0 saturated carbocycles. The van der Waals surface area contributed by atoms with E-state index in [1.54, 1.807) is 24.7 Å². The van der Waals surface area contributed by atoms with Gasteiger partial charge in [-0.2, -0.15) is 0 Å². The monoisotopic (exact) mass is 254 g/mol. The van der Waals surface area contributed by atoms with Crippen molar-refractivity contribution in [1.29, 1.82) is 0 Å². The maximum absolute atomic E-state index is 11.1. The van der Waals surface area contributed by atoms with Crippen molar-refractivity contribution in [2.24, 2.45) is 0 Å². The van der Waals surface area contributed by atoms with E-state index in [-0.39, 0.29) is 0 Å². The second-order valence-corrected chi connectivity index (χ2v) is 5.42. The predicted octanol–water partition coefficient (Wildman–Crippen LogP) is 2.63. The lowest BCUT2D eigenvalue weighted by Gasteiger charge is -2.15. The van der Waals surface area contributed by atoms with Crippen molar-refractivity contribution >= 4 is 28.6 Å². The van der Waals surface area contributed by atoms with Gasteiger partial charge in [0, 0.05) is 10.8 Å². The second-order valence-electron chi connectivity index (χ2n) is 3.84. The van der Waals surface area contributed by atoms with E-state index in [2.05, 4.69) is 9.97 Å². The Labute approximate surface area is 101 Å². The summed E-state index contributed by atoms with van der Waals surface area (Å²) in [6.07, 6.45) is 0. The van der Waals surface area contributed by atoms with Crippen molar-refractivity contribution in [3.8, 4) is 10.7 Å². The molecule has 2 aromatic rings. The first-order valence-corrected chi connectivity index (χ1v) is 6.42. The summed E-state index contributed by atoms with van der Waals surface area (Å²) in [5, 5.41) is 13.5. The van der Waals surface area contributed by atoms with E-state index in [0.29, 0.717) is 5.69 Å². The summed E-state index contributed by atoms with van der Waals surface area (Å²) in [6.45, 7) is 3.30. The minimum Gasteiger partial charge on any atom is -0.481 e. The number of hydrogen-bond acceptors (Lipinski definition) is 5. The first-order valence-electron chi connectivity index (χ1n) is 4.60. The van der Waals surface area contributed by atoms with Crippen molar-refractivity contribution in [1.82, 2.24) is 9.97 Å². The van der Waals surface area contributed by atoms with E-state index >= 15 is 0 Å². The lowest BCUT2D eigenvalue weighted by Crippen LogP contribution is -2.28. The lowest BCUT2D eigenvalue weighted by atomic mass is 9.90. The Kier molecular flexibility index (Phi) is 2.77. The van der Waals surface area contributed by atoms with Gasteiger partial charge < -0.3 is 5.11 Å². The lowest BCUT2D eigenvalue weighted by molar-refractivity contribution is -0.142. The molecule has 0 bridgehead atoms. The van der Waals surface area contributed by atoms with Crippen LogP contribution in [0.4, 0.5) is 0 Å². The maximum Gasteiger partial charge on any atom is 0.315 e. The summed E-state index contributed by atoms with van der Waals surface area (Å²) < 4.78 is 0. The van der Waals surface area contributed by atoms with Gasteiger partial charge in [-0.3, -0.25) is 4.79 Å². The minimum absolute atomic E-state index is 0.577. The van der Waals surface area contributed by atoms with Gasteiger partial charge in [-0.25, -0.2) is 9.97 Å². The summed E-state index contributed by atoms with van der Waals surface area (Å²) in [5.74, 6) is -0.873. The van der Waals surface area contributed by atoms with Crippen LogP contribution in [0, 0.1) is 0 Å². The molecule has 84 valence electrons. The Bertz CT molecular complexity index is 503. The molecule has 6 heteroatoms. The van der Waals surface area contributed by atoms with Gasteiger partial charge in [0.1, 0.15) is 16.1 Å². The molecular formula is C10H10N2O2S2. The van der Waals surface area contributed by atoms with E-state index in [1.165, 1.54) is 22.7 Å². The van der Waals surface area contributed by atoms with Gasteiger partial charge in [-0.05, 0) is 13.8 Å². The normalized spacial score (nSPS) is 11.6. The molecule has 0 aliphatic rings. The van der Waals surface area contributed by atoms with Crippen LogP contribution in [0.25, 0.3) is 10.7 Å². The van der Waals surface area contributed by atoms with Crippen LogP contribution < -0.4 is 0 Å². The highest BCUT2D eigenvalue weighted by molar-refractivity contribution is 7.13. The van der Waals surface area contributed by atoms with Crippen LogP contribution in [-0.2, 0) is 10.2 Å². The van der Waals surface area contributed by atoms with Gasteiger partial charge in [0.2, 0.25) is 0 Å². The number of carboxylic acids is 1. The first-order chi connectivity index (χ1) is 7.51. The van der Waals surface area contributed by atoms with E-state index in [4.69, 9.17) is 5.11 Å². The Morgan fingerprint density at radius 2 is 2.19 bits per heavy atom. The largest absolute Gasteiger partial charge is 0.481 e. The molecule has 2 aromatic heterocycles. The van der Waals surface area contributed by atoms with Crippen LogP contribution in [-0.4, -0.2) is 21.0 Å². The predicted molar refractivity (Wildman–Crippen MR) is 63.9 cm³/mol. The molecule has 0 aliphatic heterocycles. The van der Waals surface area contributed by atoms with Gasteiger partial charge in [0.15, 0.2) is 0 Å². The molecule has 0 aliphatic carbocycles. The summed E-state index contributed by atoms with van der Waals surface area (Å²) in [5.41, 5.74) is 2.17. The fourth-order valence-corrected chi connectivity index (χ4v) is 2.67. The number of carbonyl (C=O) groups is 1. The zero-order chi connectivity index (χ0) is 11.8. The summed E-state index contributed by atoms with van der Waals surface area (Å²) in [6, 6.07) is 0. The van der Waals surface area contributed by atoms with Crippen LogP contribution in [0.1, 0.15) is 19.5 Å². The summed E-state index contributed by atoms with van der Waals surface area (Å²) >= 11 is 2.92. The molecule has 2 heterocycles. The number of aromatic nitrogens is 2.